The minimum Gasteiger partial charge on any atom is -0.376 e. The number of amides is 2. The molecule has 8 nitrogen and oxygen atoms in total. The maximum Gasteiger partial charge on any atom is 0.264 e. The Morgan fingerprint density at radius 1 is 1.05 bits per heavy atom. The van der Waals surface area contributed by atoms with Crippen LogP contribution in [0.2, 0.25) is 5.02 Å². The molecule has 0 saturated carbocycles. The molecule has 1 aliphatic rings. The number of aryl methyl sites for hydroxylation is 1. The van der Waals surface area contributed by atoms with Crippen molar-refractivity contribution in [1.29, 1.82) is 0 Å². The smallest absolute Gasteiger partial charge is 0.264 e. The lowest BCUT2D eigenvalue weighted by molar-refractivity contribution is -0.114. The predicted molar refractivity (Wildman–Crippen MR) is 144 cm³/mol. The SMILES string of the molecule is Cc1cc(Cl)ccc1N(CC(=O)Nc1ccccc1C(=O)NC[C@H]1CCCO1)S(=O)(=O)c1ccccc1. The molecular formula is C27H28ClN3O5S. The molecule has 1 saturated heterocycles. The number of hydrogen-bond donors (Lipinski definition) is 2. The fraction of sp³-hybridized carbons (Fsp3) is 0.259. The number of anilines is 2. The largest absolute Gasteiger partial charge is 0.376 e. The summed E-state index contributed by atoms with van der Waals surface area (Å²) >= 11 is 6.09. The molecule has 2 amide bonds. The van der Waals surface area contributed by atoms with Gasteiger partial charge in [0.25, 0.3) is 15.9 Å². The highest BCUT2D eigenvalue weighted by atomic mass is 35.5. The van der Waals surface area contributed by atoms with Gasteiger partial charge in [-0.3, -0.25) is 13.9 Å². The molecule has 0 spiro atoms. The van der Waals surface area contributed by atoms with Gasteiger partial charge in [-0.2, -0.15) is 0 Å². The number of sulfonamides is 1. The van der Waals surface area contributed by atoms with Crippen LogP contribution in [0.3, 0.4) is 0 Å². The number of benzene rings is 3. The molecule has 10 heteroatoms. The van der Waals surface area contributed by atoms with E-state index < -0.39 is 22.5 Å². The van der Waals surface area contributed by atoms with Crippen molar-refractivity contribution < 1.29 is 22.7 Å². The van der Waals surface area contributed by atoms with Crippen LogP contribution in [0.15, 0.2) is 77.7 Å². The van der Waals surface area contributed by atoms with E-state index in [-0.39, 0.29) is 28.2 Å². The molecule has 2 N–H and O–H groups in total. The number of rotatable bonds is 9. The number of nitrogens with one attached hydrogen (secondary N) is 2. The van der Waals surface area contributed by atoms with Crippen molar-refractivity contribution in [3.8, 4) is 0 Å². The highest BCUT2D eigenvalue weighted by Crippen LogP contribution is 2.29. The molecule has 0 radical (unpaired) electrons. The summed E-state index contributed by atoms with van der Waals surface area (Å²) in [5, 5.41) is 6.01. The lowest BCUT2D eigenvalue weighted by Gasteiger charge is -2.26. The van der Waals surface area contributed by atoms with Crippen molar-refractivity contribution in [1.82, 2.24) is 5.32 Å². The zero-order valence-corrected chi connectivity index (χ0v) is 21.9. The van der Waals surface area contributed by atoms with E-state index in [0.29, 0.717) is 29.4 Å². The van der Waals surface area contributed by atoms with Crippen LogP contribution in [0.5, 0.6) is 0 Å². The molecule has 0 aliphatic carbocycles. The van der Waals surface area contributed by atoms with Crippen LogP contribution in [0, 0.1) is 6.92 Å². The van der Waals surface area contributed by atoms with Crippen molar-refractivity contribution in [2.75, 3.05) is 29.3 Å². The molecule has 4 rings (SSSR count). The lowest BCUT2D eigenvalue weighted by atomic mass is 10.1. The number of hydrogen-bond acceptors (Lipinski definition) is 5. The Morgan fingerprint density at radius 2 is 1.78 bits per heavy atom. The number of carbonyl (C=O) groups is 2. The van der Waals surface area contributed by atoms with Crippen molar-refractivity contribution in [2.45, 2.75) is 30.8 Å². The van der Waals surface area contributed by atoms with Crippen LogP contribution in [-0.4, -0.2) is 46.0 Å². The van der Waals surface area contributed by atoms with Crippen LogP contribution in [0.1, 0.15) is 28.8 Å². The molecule has 3 aromatic rings. The minimum atomic E-state index is -4.09. The van der Waals surface area contributed by atoms with Crippen molar-refractivity contribution in [2.24, 2.45) is 0 Å². The highest BCUT2D eigenvalue weighted by molar-refractivity contribution is 7.92. The van der Waals surface area contributed by atoms with Gasteiger partial charge >= 0.3 is 0 Å². The Bertz CT molecular complexity index is 1380. The van der Waals surface area contributed by atoms with Crippen molar-refractivity contribution in [3.05, 3.63) is 88.9 Å². The van der Waals surface area contributed by atoms with Crippen LogP contribution < -0.4 is 14.9 Å². The molecule has 194 valence electrons. The number of para-hydroxylation sites is 1. The molecule has 0 aromatic heterocycles. The normalized spacial score (nSPS) is 15.2. The van der Waals surface area contributed by atoms with Gasteiger partial charge in [-0.1, -0.05) is 41.9 Å². The van der Waals surface area contributed by atoms with E-state index in [9.17, 15) is 18.0 Å². The highest BCUT2D eigenvalue weighted by Gasteiger charge is 2.29. The van der Waals surface area contributed by atoms with E-state index >= 15 is 0 Å². The second-order valence-electron chi connectivity index (χ2n) is 8.69. The summed E-state index contributed by atoms with van der Waals surface area (Å²) in [5.41, 5.74) is 1.47. The molecule has 37 heavy (non-hydrogen) atoms. The van der Waals surface area contributed by atoms with Crippen molar-refractivity contribution in [3.63, 3.8) is 0 Å². The fourth-order valence-electron chi connectivity index (χ4n) is 4.14. The van der Waals surface area contributed by atoms with E-state index in [0.717, 1.165) is 17.1 Å². The first kappa shape index (κ1) is 26.7. The molecule has 1 atom stereocenters. The van der Waals surface area contributed by atoms with Crippen molar-refractivity contribution >= 4 is 44.8 Å². The topological polar surface area (TPSA) is 105 Å². The average Bonchev–Trinajstić information content (AvgIpc) is 3.41. The van der Waals surface area contributed by atoms with Crippen LogP contribution in [0.4, 0.5) is 11.4 Å². The van der Waals surface area contributed by atoms with Gasteiger partial charge in [0.2, 0.25) is 5.91 Å². The fourth-order valence-corrected chi connectivity index (χ4v) is 5.87. The third-order valence-electron chi connectivity index (χ3n) is 6.01. The number of halogens is 1. The van der Waals surface area contributed by atoms with Gasteiger partial charge < -0.3 is 15.4 Å². The van der Waals surface area contributed by atoms with Crippen LogP contribution >= 0.6 is 11.6 Å². The summed E-state index contributed by atoms with van der Waals surface area (Å²) in [4.78, 5) is 26.1. The summed E-state index contributed by atoms with van der Waals surface area (Å²) in [6.07, 6.45) is 1.82. The summed E-state index contributed by atoms with van der Waals surface area (Å²) in [6, 6.07) is 19.2. The molecule has 0 bridgehead atoms. The average molecular weight is 542 g/mol. The van der Waals surface area contributed by atoms with Gasteiger partial charge in [0, 0.05) is 18.2 Å². The second-order valence-corrected chi connectivity index (χ2v) is 11.0. The quantitative estimate of drug-likeness (QED) is 0.418. The first-order valence-electron chi connectivity index (χ1n) is 11.9. The number of carbonyl (C=O) groups excluding carboxylic acids is 2. The first-order valence-corrected chi connectivity index (χ1v) is 13.7. The molecular weight excluding hydrogens is 514 g/mol. The molecule has 3 aromatic carbocycles. The van der Waals surface area contributed by atoms with Gasteiger partial charge in [-0.25, -0.2) is 8.42 Å². The lowest BCUT2D eigenvalue weighted by Crippen LogP contribution is -2.39. The van der Waals surface area contributed by atoms with Crippen LogP contribution in [0.25, 0.3) is 0 Å². The first-order chi connectivity index (χ1) is 17.8. The molecule has 0 unspecified atom stereocenters. The third-order valence-corrected chi connectivity index (χ3v) is 8.02. The van der Waals surface area contributed by atoms with Gasteiger partial charge in [0.05, 0.1) is 27.9 Å². The number of nitrogens with zero attached hydrogens (tertiary/aromatic N) is 1. The van der Waals surface area contributed by atoms with E-state index in [1.54, 1.807) is 67.6 Å². The molecule has 1 aliphatic heterocycles. The maximum atomic E-state index is 13.6. The number of ether oxygens (including phenoxy) is 1. The Hall–Kier alpha value is -3.40. The Balaban J connectivity index is 1.57. The van der Waals surface area contributed by atoms with E-state index in [2.05, 4.69) is 10.6 Å². The van der Waals surface area contributed by atoms with Gasteiger partial charge in [0.15, 0.2) is 0 Å². The van der Waals surface area contributed by atoms with Gasteiger partial charge in [-0.15, -0.1) is 0 Å². The zero-order valence-electron chi connectivity index (χ0n) is 20.3. The zero-order chi connectivity index (χ0) is 26.4. The van der Waals surface area contributed by atoms with Crippen LogP contribution in [-0.2, 0) is 19.6 Å². The Kier molecular flexibility index (Phi) is 8.48. The van der Waals surface area contributed by atoms with E-state index in [4.69, 9.17) is 16.3 Å². The summed E-state index contributed by atoms with van der Waals surface area (Å²) in [5.74, 6) is -0.957. The van der Waals surface area contributed by atoms with E-state index in [1.807, 2.05) is 0 Å². The standard InChI is InChI=1S/C27H28ClN3O5S/c1-19-16-20(28)13-14-25(19)31(37(34,35)22-9-3-2-4-10-22)18-26(32)30-24-12-6-5-11-23(24)27(33)29-17-21-8-7-15-36-21/h2-6,9-14,16,21H,7-8,15,17-18H2,1H3,(H,29,33)(H,30,32)/t21-/m1/s1. The Labute approximate surface area is 221 Å². The third kappa shape index (κ3) is 6.49. The summed E-state index contributed by atoms with van der Waals surface area (Å²) < 4.78 is 33.8. The molecule has 1 fully saturated rings. The Morgan fingerprint density at radius 3 is 2.49 bits per heavy atom. The maximum absolute atomic E-state index is 13.6. The predicted octanol–water partition coefficient (Wildman–Crippen LogP) is 4.39. The van der Waals surface area contributed by atoms with E-state index in [1.165, 1.54) is 12.1 Å². The minimum absolute atomic E-state index is 0.0231. The molecule has 1 heterocycles. The monoisotopic (exact) mass is 541 g/mol. The van der Waals surface area contributed by atoms with Gasteiger partial charge in [-0.05, 0) is 67.8 Å². The summed E-state index contributed by atoms with van der Waals surface area (Å²) in [6.45, 7) is 2.27. The summed E-state index contributed by atoms with van der Waals surface area (Å²) in [7, 11) is -4.09. The second kappa shape index (κ2) is 11.8. The van der Waals surface area contributed by atoms with Gasteiger partial charge in [0.1, 0.15) is 6.54 Å².